The molecule has 0 saturated carbocycles. The van der Waals surface area contributed by atoms with Gasteiger partial charge in [0.15, 0.2) is 5.69 Å². The zero-order valence-corrected chi connectivity index (χ0v) is 18.2. The van der Waals surface area contributed by atoms with Crippen molar-refractivity contribution in [1.82, 2.24) is 14.8 Å². The number of carbonyl (C=O) groups is 1. The highest BCUT2D eigenvalue weighted by atomic mass is 16.5. The Morgan fingerprint density at radius 2 is 1.71 bits per heavy atom. The van der Waals surface area contributed by atoms with Gasteiger partial charge in [-0.1, -0.05) is 48.5 Å². The van der Waals surface area contributed by atoms with Gasteiger partial charge in [0.25, 0.3) is 5.91 Å². The molecule has 1 amide bonds. The third-order valence-electron chi connectivity index (χ3n) is 5.63. The Morgan fingerprint density at radius 3 is 2.39 bits per heavy atom. The number of aryl methyl sites for hydroxylation is 1. The first-order chi connectivity index (χ1) is 15.1. The minimum Gasteiger partial charge on any atom is -0.441 e. The predicted octanol–water partition coefficient (Wildman–Crippen LogP) is 4.01. The van der Waals surface area contributed by atoms with Crippen molar-refractivity contribution >= 4 is 5.91 Å². The second kappa shape index (κ2) is 9.90. The number of benzene rings is 2. The fraction of sp³-hybridized carbons (Fsp3) is 0.360. The van der Waals surface area contributed by atoms with Crippen molar-refractivity contribution in [2.75, 3.05) is 32.8 Å². The molecule has 0 bridgehead atoms. The number of nitrogens with zero attached hydrogens (tertiary/aromatic N) is 3. The molecule has 1 aromatic heterocycles. The summed E-state index contributed by atoms with van der Waals surface area (Å²) in [4.78, 5) is 22.5. The number of amides is 1. The van der Waals surface area contributed by atoms with Crippen LogP contribution in [0.15, 0.2) is 65.1 Å². The topological polar surface area (TPSA) is 58.8 Å². The Balaban J connectivity index is 1.59. The SMILES string of the molecule is Cc1oc(-c2ccccc2)nc1C(=O)N(Cc1ccccc1)C(C)CN1CCOCC1. The molecule has 2 aromatic carbocycles. The number of aromatic nitrogens is 1. The number of carbonyl (C=O) groups excluding carboxylic acids is 1. The Morgan fingerprint density at radius 1 is 1.06 bits per heavy atom. The molecule has 1 aliphatic rings. The van der Waals surface area contributed by atoms with Crippen LogP contribution in [0.25, 0.3) is 11.5 Å². The smallest absolute Gasteiger partial charge is 0.276 e. The van der Waals surface area contributed by atoms with Crippen LogP contribution in [0.3, 0.4) is 0 Å². The van der Waals surface area contributed by atoms with E-state index >= 15 is 0 Å². The number of ether oxygens (including phenoxy) is 1. The molecule has 0 aliphatic carbocycles. The van der Waals surface area contributed by atoms with Crippen LogP contribution in [-0.2, 0) is 11.3 Å². The van der Waals surface area contributed by atoms with Gasteiger partial charge in [-0.05, 0) is 31.5 Å². The summed E-state index contributed by atoms with van der Waals surface area (Å²) in [6.07, 6.45) is 0. The molecule has 6 heteroatoms. The van der Waals surface area contributed by atoms with Crippen LogP contribution in [0, 0.1) is 6.92 Å². The molecule has 1 saturated heterocycles. The van der Waals surface area contributed by atoms with Gasteiger partial charge in [-0.15, -0.1) is 0 Å². The van der Waals surface area contributed by atoms with Crippen LogP contribution in [0.1, 0.15) is 28.7 Å². The van der Waals surface area contributed by atoms with E-state index in [2.05, 4.69) is 16.8 Å². The van der Waals surface area contributed by atoms with Crippen molar-refractivity contribution in [1.29, 1.82) is 0 Å². The summed E-state index contributed by atoms with van der Waals surface area (Å²) >= 11 is 0. The second-order valence-corrected chi connectivity index (χ2v) is 7.97. The molecule has 1 unspecified atom stereocenters. The van der Waals surface area contributed by atoms with Crippen LogP contribution in [0.2, 0.25) is 0 Å². The van der Waals surface area contributed by atoms with Crippen molar-refractivity contribution in [3.8, 4) is 11.5 Å². The van der Waals surface area contributed by atoms with E-state index in [1.165, 1.54) is 0 Å². The van der Waals surface area contributed by atoms with E-state index in [0.717, 1.165) is 44.0 Å². The van der Waals surface area contributed by atoms with Crippen molar-refractivity contribution < 1.29 is 13.9 Å². The lowest BCUT2D eigenvalue weighted by Gasteiger charge is -2.35. The molecule has 0 N–H and O–H groups in total. The number of oxazole rings is 1. The molecule has 0 radical (unpaired) electrons. The molecule has 1 aliphatic heterocycles. The first-order valence-corrected chi connectivity index (χ1v) is 10.8. The maximum atomic E-state index is 13.7. The highest BCUT2D eigenvalue weighted by Gasteiger charge is 2.28. The van der Waals surface area contributed by atoms with Crippen LogP contribution in [0.5, 0.6) is 0 Å². The van der Waals surface area contributed by atoms with Crippen molar-refractivity contribution in [2.45, 2.75) is 26.4 Å². The number of morpholine rings is 1. The number of hydrogen-bond acceptors (Lipinski definition) is 5. The van der Waals surface area contributed by atoms with Crippen molar-refractivity contribution in [3.05, 3.63) is 77.7 Å². The summed E-state index contributed by atoms with van der Waals surface area (Å²) in [6.45, 7) is 8.48. The van der Waals surface area contributed by atoms with Gasteiger partial charge in [0.1, 0.15) is 5.76 Å². The normalized spacial score (nSPS) is 15.5. The highest BCUT2D eigenvalue weighted by molar-refractivity contribution is 5.94. The largest absolute Gasteiger partial charge is 0.441 e. The van der Waals surface area contributed by atoms with Gasteiger partial charge in [0.05, 0.1) is 13.2 Å². The zero-order valence-electron chi connectivity index (χ0n) is 18.2. The van der Waals surface area contributed by atoms with Crippen LogP contribution >= 0.6 is 0 Å². The summed E-state index contributed by atoms with van der Waals surface area (Å²) in [5, 5.41) is 0. The van der Waals surface area contributed by atoms with E-state index in [1.807, 2.05) is 65.6 Å². The summed E-state index contributed by atoms with van der Waals surface area (Å²) in [6, 6.07) is 19.8. The van der Waals surface area contributed by atoms with Gasteiger partial charge < -0.3 is 14.1 Å². The van der Waals surface area contributed by atoms with Gasteiger partial charge in [-0.25, -0.2) is 4.98 Å². The lowest BCUT2D eigenvalue weighted by molar-refractivity contribution is 0.0227. The minimum atomic E-state index is -0.104. The summed E-state index contributed by atoms with van der Waals surface area (Å²) in [7, 11) is 0. The van der Waals surface area contributed by atoms with Crippen LogP contribution in [-0.4, -0.2) is 59.6 Å². The molecule has 1 fully saturated rings. The average molecular weight is 420 g/mol. The van der Waals surface area contributed by atoms with E-state index in [1.54, 1.807) is 6.92 Å². The van der Waals surface area contributed by atoms with Crippen LogP contribution in [0.4, 0.5) is 0 Å². The monoisotopic (exact) mass is 419 g/mol. The quantitative estimate of drug-likeness (QED) is 0.579. The van der Waals surface area contributed by atoms with Crippen LogP contribution < -0.4 is 0 Å². The molecule has 3 aromatic rings. The molecule has 6 nitrogen and oxygen atoms in total. The van der Waals surface area contributed by atoms with Crippen molar-refractivity contribution in [3.63, 3.8) is 0 Å². The molecular weight excluding hydrogens is 390 g/mol. The zero-order chi connectivity index (χ0) is 21.6. The first-order valence-electron chi connectivity index (χ1n) is 10.8. The van der Waals surface area contributed by atoms with Gasteiger partial charge in [-0.2, -0.15) is 0 Å². The summed E-state index contributed by atoms with van der Waals surface area (Å²) < 4.78 is 11.3. The van der Waals surface area contributed by atoms with Gasteiger partial charge in [0, 0.05) is 37.8 Å². The maximum Gasteiger partial charge on any atom is 0.276 e. The molecule has 0 spiro atoms. The van der Waals surface area contributed by atoms with E-state index in [-0.39, 0.29) is 11.9 Å². The first kappa shape index (κ1) is 21.3. The molecule has 2 heterocycles. The Hall–Kier alpha value is -2.96. The predicted molar refractivity (Wildman–Crippen MR) is 120 cm³/mol. The van der Waals surface area contributed by atoms with E-state index in [0.29, 0.717) is 23.9 Å². The molecular formula is C25H29N3O3. The Labute approximate surface area is 183 Å². The minimum absolute atomic E-state index is 0.0158. The summed E-state index contributed by atoms with van der Waals surface area (Å²) in [5.74, 6) is 0.912. The number of hydrogen-bond donors (Lipinski definition) is 0. The fourth-order valence-electron chi connectivity index (χ4n) is 3.90. The third-order valence-corrected chi connectivity index (χ3v) is 5.63. The van der Waals surface area contributed by atoms with E-state index in [4.69, 9.17) is 9.15 Å². The third kappa shape index (κ3) is 5.21. The second-order valence-electron chi connectivity index (χ2n) is 7.97. The maximum absolute atomic E-state index is 13.7. The average Bonchev–Trinajstić information content (AvgIpc) is 3.20. The number of rotatable bonds is 7. The van der Waals surface area contributed by atoms with Gasteiger partial charge >= 0.3 is 0 Å². The molecule has 4 rings (SSSR count). The highest BCUT2D eigenvalue weighted by Crippen LogP contribution is 2.24. The van der Waals surface area contributed by atoms with Gasteiger partial charge in [0.2, 0.25) is 5.89 Å². The summed E-state index contributed by atoms with van der Waals surface area (Å²) in [5.41, 5.74) is 2.33. The van der Waals surface area contributed by atoms with Crippen molar-refractivity contribution in [2.24, 2.45) is 0 Å². The van der Waals surface area contributed by atoms with Gasteiger partial charge in [-0.3, -0.25) is 9.69 Å². The lowest BCUT2D eigenvalue weighted by Crippen LogP contribution is -2.48. The molecule has 162 valence electrons. The van der Waals surface area contributed by atoms with E-state index < -0.39 is 0 Å². The standard InChI is InChI=1S/C25H29N3O3/c1-19(17-27-13-15-30-16-14-27)28(18-21-9-5-3-6-10-21)25(29)23-20(2)31-24(26-23)22-11-7-4-8-12-22/h3-12,19H,13-18H2,1-2H3. The molecule has 31 heavy (non-hydrogen) atoms. The Bertz CT molecular complexity index is 982. The fourth-order valence-corrected chi connectivity index (χ4v) is 3.90. The molecule has 1 atom stereocenters. The lowest BCUT2D eigenvalue weighted by atomic mass is 10.1. The van der Waals surface area contributed by atoms with E-state index in [9.17, 15) is 4.79 Å². The Kier molecular flexibility index (Phi) is 6.79.